The van der Waals surface area contributed by atoms with Crippen molar-refractivity contribution in [3.05, 3.63) is 58.5 Å². The molecule has 2 aromatic rings. The number of rotatable bonds is 4. The number of piperazine rings is 1. The SMILES string of the molecule is CCCn1nc(C(=O)N2CCN(C(=O)Nc3ccccc3)CC2)ccc1=O. The van der Waals surface area contributed by atoms with E-state index in [-0.39, 0.29) is 23.2 Å². The van der Waals surface area contributed by atoms with E-state index in [0.29, 0.717) is 32.7 Å². The summed E-state index contributed by atoms with van der Waals surface area (Å²) in [5.41, 5.74) is 0.782. The molecule has 8 heteroatoms. The zero-order valence-corrected chi connectivity index (χ0v) is 15.3. The van der Waals surface area contributed by atoms with Gasteiger partial charge in [0, 0.05) is 44.5 Å². The summed E-state index contributed by atoms with van der Waals surface area (Å²) in [5.74, 6) is -0.219. The molecular formula is C19H23N5O3. The fourth-order valence-corrected chi connectivity index (χ4v) is 2.93. The molecule has 1 N–H and O–H groups in total. The number of nitrogens with one attached hydrogen (secondary N) is 1. The summed E-state index contributed by atoms with van der Waals surface area (Å²) in [6, 6.07) is 11.9. The summed E-state index contributed by atoms with van der Waals surface area (Å²) in [6.45, 7) is 4.17. The molecule has 0 radical (unpaired) electrons. The Kier molecular flexibility index (Phi) is 5.85. The number of aromatic nitrogens is 2. The number of para-hydroxylation sites is 1. The zero-order valence-electron chi connectivity index (χ0n) is 15.3. The van der Waals surface area contributed by atoms with Crippen molar-refractivity contribution in [3.63, 3.8) is 0 Å². The van der Waals surface area contributed by atoms with Gasteiger partial charge in [0.1, 0.15) is 5.69 Å². The second-order valence-electron chi connectivity index (χ2n) is 6.36. The molecular weight excluding hydrogens is 346 g/mol. The maximum atomic E-state index is 12.7. The van der Waals surface area contributed by atoms with Crippen molar-refractivity contribution in [3.8, 4) is 0 Å². The molecule has 2 heterocycles. The first-order valence-electron chi connectivity index (χ1n) is 9.07. The summed E-state index contributed by atoms with van der Waals surface area (Å²) in [5, 5.41) is 7.02. The van der Waals surface area contributed by atoms with Crippen LogP contribution < -0.4 is 10.9 Å². The number of nitrogens with zero attached hydrogens (tertiary/aromatic N) is 4. The third-order valence-electron chi connectivity index (χ3n) is 4.40. The molecule has 1 aromatic carbocycles. The molecule has 1 fully saturated rings. The molecule has 1 aliphatic heterocycles. The van der Waals surface area contributed by atoms with Gasteiger partial charge in [-0.15, -0.1) is 0 Å². The number of carbonyl (C=O) groups excluding carboxylic acids is 2. The monoisotopic (exact) mass is 369 g/mol. The molecule has 1 saturated heterocycles. The molecule has 0 bridgehead atoms. The van der Waals surface area contributed by atoms with Crippen molar-refractivity contribution < 1.29 is 9.59 Å². The van der Waals surface area contributed by atoms with Crippen molar-refractivity contribution in [2.75, 3.05) is 31.5 Å². The number of hydrogen-bond acceptors (Lipinski definition) is 4. The summed E-state index contributed by atoms with van der Waals surface area (Å²) >= 11 is 0. The number of anilines is 1. The Morgan fingerprint density at radius 2 is 1.67 bits per heavy atom. The minimum atomic E-state index is -0.219. The average molecular weight is 369 g/mol. The van der Waals surface area contributed by atoms with Crippen LogP contribution in [0, 0.1) is 0 Å². The second kappa shape index (κ2) is 8.48. The minimum absolute atomic E-state index is 0.178. The standard InChI is InChI=1S/C19H23N5O3/c1-2-10-24-17(25)9-8-16(21-24)18(26)22-11-13-23(14-12-22)19(27)20-15-6-4-3-5-7-15/h3-9H,2,10-14H2,1H3,(H,20,27). The molecule has 8 nitrogen and oxygen atoms in total. The van der Waals surface area contributed by atoms with Crippen molar-refractivity contribution in [2.24, 2.45) is 0 Å². The highest BCUT2D eigenvalue weighted by Crippen LogP contribution is 2.10. The van der Waals surface area contributed by atoms with Gasteiger partial charge >= 0.3 is 6.03 Å². The van der Waals surface area contributed by atoms with Crippen LogP contribution in [0.15, 0.2) is 47.3 Å². The Hall–Kier alpha value is -3.16. The van der Waals surface area contributed by atoms with E-state index in [1.165, 1.54) is 16.8 Å². The van der Waals surface area contributed by atoms with Crippen LogP contribution >= 0.6 is 0 Å². The van der Waals surface area contributed by atoms with Crippen LogP contribution in [0.25, 0.3) is 0 Å². The lowest BCUT2D eigenvalue weighted by atomic mass is 10.2. The molecule has 142 valence electrons. The number of carbonyl (C=O) groups is 2. The van der Waals surface area contributed by atoms with E-state index < -0.39 is 0 Å². The van der Waals surface area contributed by atoms with E-state index in [2.05, 4.69) is 10.4 Å². The van der Waals surface area contributed by atoms with E-state index in [9.17, 15) is 14.4 Å². The Morgan fingerprint density at radius 3 is 2.33 bits per heavy atom. The number of urea groups is 1. The lowest BCUT2D eigenvalue weighted by Crippen LogP contribution is -2.52. The van der Waals surface area contributed by atoms with Crippen LogP contribution in [0.5, 0.6) is 0 Å². The number of benzene rings is 1. The topological polar surface area (TPSA) is 87.5 Å². The van der Waals surface area contributed by atoms with Crippen LogP contribution in [-0.4, -0.2) is 57.7 Å². The first kappa shape index (κ1) is 18.6. The van der Waals surface area contributed by atoms with Gasteiger partial charge in [-0.25, -0.2) is 9.48 Å². The lowest BCUT2D eigenvalue weighted by Gasteiger charge is -2.34. The molecule has 0 atom stereocenters. The highest BCUT2D eigenvalue weighted by atomic mass is 16.2. The van der Waals surface area contributed by atoms with Gasteiger partial charge in [0.2, 0.25) is 0 Å². The molecule has 27 heavy (non-hydrogen) atoms. The third-order valence-corrected chi connectivity index (χ3v) is 4.40. The number of hydrogen-bond donors (Lipinski definition) is 1. The molecule has 3 amide bonds. The Labute approximate surface area is 157 Å². The first-order chi connectivity index (χ1) is 13.1. The van der Waals surface area contributed by atoms with Gasteiger partial charge in [-0.2, -0.15) is 5.10 Å². The lowest BCUT2D eigenvalue weighted by molar-refractivity contribution is 0.0663. The fraction of sp³-hybridized carbons (Fsp3) is 0.368. The normalized spacial score (nSPS) is 14.1. The summed E-state index contributed by atoms with van der Waals surface area (Å²) in [4.78, 5) is 40.1. The van der Waals surface area contributed by atoms with Crippen LogP contribution in [0.4, 0.5) is 10.5 Å². The minimum Gasteiger partial charge on any atom is -0.334 e. The molecule has 0 saturated carbocycles. The predicted molar refractivity (Wildman–Crippen MR) is 102 cm³/mol. The molecule has 0 spiro atoms. The molecule has 0 aliphatic carbocycles. The van der Waals surface area contributed by atoms with Gasteiger partial charge in [-0.1, -0.05) is 25.1 Å². The maximum absolute atomic E-state index is 12.7. The van der Waals surface area contributed by atoms with Crippen molar-refractivity contribution >= 4 is 17.6 Å². The van der Waals surface area contributed by atoms with E-state index in [1.54, 1.807) is 9.80 Å². The predicted octanol–water partition coefficient (Wildman–Crippen LogP) is 1.64. The van der Waals surface area contributed by atoms with Crippen molar-refractivity contribution in [2.45, 2.75) is 19.9 Å². The highest BCUT2D eigenvalue weighted by molar-refractivity contribution is 5.93. The van der Waals surface area contributed by atoms with E-state index >= 15 is 0 Å². The van der Waals surface area contributed by atoms with Gasteiger partial charge in [0.25, 0.3) is 11.5 Å². The van der Waals surface area contributed by atoms with Gasteiger partial charge in [-0.3, -0.25) is 9.59 Å². The Balaban J connectivity index is 1.58. The number of amides is 3. The molecule has 1 aromatic heterocycles. The largest absolute Gasteiger partial charge is 0.334 e. The van der Waals surface area contributed by atoms with E-state index in [4.69, 9.17) is 0 Å². The van der Waals surface area contributed by atoms with Crippen molar-refractivity contribution in [1.29, 1.82) is 0 Å². The van der Waals surface area contributed by atoms with E-state index in [0.717, 1.165) is 12.1 Å². The summed E-state index contributed by atoms with van der Waals surface area (Å²) in [6.07, 6.45) is 0.764. The smallest absolute Gasteiger partial charge is 0.321 e. The van der Waals surface area contributed by atoms with Crippen molar-refractivity contribution in [1.82, 2.24) is 19.6 Å². The first-order valence-corrected chi connectivity index (χ1v) is 9.07. The van der Waals surface area contributed by atoms with Crippen LogP contribution in [-0.2, 0) is 6.54 Å². The molecule has 0 unspecified atom stereocenters. The van der Waals surface area contributed by atoms with Crippen LogP contribution in [0.3, 0.4) is 0 Å². The second-order valence-corrected chi connectivity index (χ2v) is 6.36. The Morgan fingerprint density at radius 1 is 1.00 bits per heavy atom. The van der Waals surface area contributed by atoms with Gasteiger partial charge in [0.05, 0.1) is 0 Å². The van der Waals surface area contributed by atoms with Gasteiger partial charge < -0.3 is 15.1 Å². The fourth-order valence-electron chi connectivity index (χ4n) is 2.93. The van der Waals surface area contributed by atoms with E-state index in [1.807, 2.05) is 37.3 Å². The molecule has 1 aliphatic rings. The van der Waals surface area contributed by atoms with Gasteiger partial charge in [0.15, 0.2) is 0 Å². The highest BCUT2D eigenvalue weighted by Gasteiger charge is 2.26. The van der Waals surface area contributed by atoms with Gasteiger partial charge in [-0.05, 0) is 24.6 Å². The van der Waals surface area contributed by atoms with Crippen LogP contribution in [0.2, 0.25) is 0 Å². The maximum Gasteiger partial charge on any atom is 0.321 e. The summed E-state index contributed by atoms with van der Waals surface area (Å²) in [7, 11) is 0. The number of aryl methyl sites for hydroxylation is 1. The average Bonchev–Trinajstić information content (AvgIpc) is 2.70. The molecule has 3 rings (SSSR count). The van der Waals surface area contributed by atoms with Crippen LogP contribution in [0.1, 0.15) is 23.8 Å². The quantitative estimate of drug-likeness (QED) is 0.888. The zero-order chi connectivity index (χ0) is 19.2. The third kappa shape index (κ3) is 4.52. The summed E-state index contributed by atoms with van der Waals surface area (Å²) < 4.78 is 1.32. The Bertz CT molecular complexity index is 857.